The first-order valence-corrected chi connectivity index (χ1v) is 6.10. The summed E-state index contributed by atoms with van der Waals surface area (Å²) in [6.07, 6.45) is 0. The maximum Gasteiger partial charge on any atom is 0.338 e. The van der Waals surface area contributed by atoms with E-state index < -0.39 is 11.8 Å². The van der Waals surface area contributed by atoms with Crippen LogP contribution in [0, 0.1) is 19.7 Å². The Balaban J connectivity index is 2.57. The van der Waals surface area contributed by atoms with Crippen LogP contribution in [0.2, 0.25) is 0 Å². The van der Waals surface area contributed by atoms with Crippen molar-refractivity contribution in [3.05, 3.63) is 34.9 Å². The second-order valence-corrected chi connectivity index (χ2v) is 4.27. The van der Waals surface area contributed by atoms with Gasteiger partial charge in [-0.25, -0.2) is 13.9 Å². The lowest BCUT2D eigenvalue weighted by atomic mass is 10.1. The maximum absolute atomic E-state index is 14.1. The Morgan fingerprint density at radius 1 is 1.45 bits per heavy atom. The molecule has 2 N–H and O–H groups in total. The third kappa shape index (κ3) is 2.47. The van der Waals surface area contributed by atoms with Crippen molar-refractivity contribution in [1.82, 2.24) is 14.8 Å². The predicted molar refractivity (Wildman–Crippen MR) is 71.2 cm³/mol. The summed E-state index contributed by atoms with van der Waals surface area (Å²) in [5.74, 6) is -0.541. The van der Waals surface area contributed by atoms with Crippen molar-refractivity contribution in [3.8, 4) is 5.69 Å². The van der Waals surface area contributed by atoms with Crippen LogP contribution < -0.4 is 5.73 Å². The Morgan fingerprint density at radius 3 is 2.70 bits per heavy atom. The van der Waals surface area contributed by atoms with Crippen molar-refractivity contribution in [2.75, 3.05) is 12.3 Å². The zero-order valence-corrected chi connectivity index (χ0v) is 11.5. The smallest absolute Gasteiger partial charge is 0.338 e. The average Bonchev–Trinajstić information content (AvgIpc) is 2.68. The molecule has 0 saturated heterocycles. The van der Waals surface area contributed by atoms with Crippen molar-refractivity contribution in [3.63, 3.8) is 0 Å². The molecule has 0 atom stereocenters. The lowest BCUT2D eigenvalue weighted by Crippen LogP contribution is -2.10. The van der Waals surface area contributed by atoms with Gasteiger partial charge in [-0.2, -0.15) is 4.98 Å². The third-order valence-corrected chi connectivity index (χ3v) is 2.80. The summed E-state index contributed by atoms with van der Waals surface area (Å²) < 4.78 is 20.3. The second-order valence-electron chi connectivity index (χ2n) is 4.27. The van der Waals surface area contributed by atoms with Gasteiger partial charge in [-0.1, -0.05) is 0 Å². The first-order valence-electron chi connectivity index (χ1n) is 6.10. The number of hydrogen-bond acceptors (Lipinski definition) is 5. The van der Waals surface area contributed by atoms with Crippen LogP contribution >= 0.6 is 0 Å². The normalized spacial score (nSPS) is 10.6. The molecule has 0 bridgehead atoms. The Bertz CT molecular complexity index is 667. The van der Waals surface area contributed by atoms with E-state index in [2.05, 4.69) is 10.1 Å². The van der Waals surface area contributed by atoms with E-state index in [-0.39, 0.29) is 23.8 Å². The molecule has 0 radical (unpaired) electrons. The largest absolute Gasteiger partial charge is 0.462 e. The van der Waals surface area contributed by atoms with E-state index in [4.69, 9.17) is 10.5 Å². The van der Waals surface area contributed by atoms with Gasteiger partial charge < -0.3 is 10.5 Å². The number of halogens is 1. The van der Waals surface area contributed by atoms with Gasteiger partial charge in [0.05, 0.1) is 12.2 Å². The molecule has 0 spiro atoms. The predicted octanol–water partition coefficient (Wildman–Crippen LogP) is 1.78. The first kappa shape index (κ1) is 14.0. The van der Waals surface area contributed by atoms with Gasteiger partial charge >= 0.3 is 5.97 Å². The number of ether oxygens (including phenoxy) is 1. The van der Waals surface area contributed by atoms with E-state index in [1.54, 1.807) is 20.8 Å². The molecule has 2 rings (SSSR count). The number of rotatable bonds is 3. The third-order valence-electron chi connectivity index (χ3n) is 2.80. The lowest BCUT2D eigenvalue weighted by Gasteiger charge is -2.10. The van der Waals surface area contributed by atoms with Gasteiger partial charge in [0, 0.05) is 0 Å². The number of hydrogen-bond donors (Lipinski definition) is 1. The van der Waals surface area contributed by atoms with Crippen molar-refractivity contribution < 1.29 is 13.9 Å². The van der Waals surface area contributed by atoms with Gasteiger partial charge in [-0.3, -0.25) is 0 Å². The fourth-order valence-corrected chi connectivity index (χ4v) is 1.89. The molecule has 106 valence electrons. The summed E-state index contributed by atoms with van der Waals surface area (Å²) in [7, 11) is 0. The molecule has 1 aromatic carbocycles. The number of benzene rings is 1. The van der Waals surface area contributed by atoms with E-state index >= 15 is 0 Å². The number of nitrogens with two attached hydrogens (primary N) is 1. The van der Waals surface area contributed by atoms with Crippen LogP contribution in [0.15, 0.2) is 12.1 Å². The first-order chi connectivity index (χ1) is 9.43. The highest BCUT2D eigenvalue weighted by Gasteiger charge is 2.17. The van der Waals surface area contributed by atoms with Gasteiger partial charge in [0.15, 0.2) is 0 Å². The standard InChI is InChI=1S/C13H15FN4O2/c1-4-20-12(19)9-6-11(10(14)5-7(9)2)18-8(3)16-13(15)17-18/h5-6H,4H2,1-3H3,(H2,15,17). The number of carbonyl (C=O) groups is 1. The summed E-state index contributed by atoms with van der Waals surface area (Å²) >= 11 is 0. The summed E-state index contributed by atoms with van der Waals surface area (Å²) in [6.45, 7) is 5.24. The van der Waals surface area contributed by atoms with Gasteiger partial charge in [-0.05, 0) is 38.5 Å². The highest BCUT2D eigenvalue weighted by molar-refractivity contribution is 5.91. The lowest BCUT2D eigenvalue weighted by molar-refractivity contribution is 0.0525. The quantitative estimate of drug-likeness (QED) is 0.865. The van der Waals surface area contributed by atoms with Crippen LogP contribution in [0.5, 0.6) is 0 Å². The molecule has 0 unspecified atom stereocenters. The maximum atomic E-state index is 14.1. The number of nitrogens with zero attached hydrogens (tertiary/aromatic N) is 3. The fourth-order valence-electron chi connectivity index (χ4n) is 1.89. The van der Waals surface area contributed by atoms with E-state index in [9.17, 15) is 9.18 Å². The van der Waals surface area contributed by atoms with Crippen molar-refractivity contribution >= 4 is 11.9 Å². The van der Waals surface area contributed by atoms with Crippen molar-refractivity contribution in [2.24, 2.45) is 0 Å². The molecule has 0 aliphatic heterocycles. The molecule has 0 aliphatic carbocycles. The highest BCUT2D eigenvalue weighted by atomic mass is 19.1. The number of esters is 1. The Labute approximate surface area is 115 Å². The Morgan fingerprint density at radius 2 is 2.15 bits per heavy atom. The minimum atomic E-state index is -0.511. The topological polar surface area (TPSA) is 83.0 Å². The van der Waals surface area contributed by atoms with Crippen LogP contribution in [0.1, 0.15) is 28.7 Å². The number of anilines is 1. The number of aryl methyl sites for hydroxylation is 2. The van der Waals surface area contributed by atoms with Crippen LogP contribution in [0.25, 0.3) is 5.69 Å². The van der Waals surface area contributed by atoms with Gasteiger partial charge in [0.25, 0.3) is 0 Å². The molecule has 1 heterocycles. The van der Waals surface area contributed by atoms with Gasteiger partial charge in [0.2, 0.25) is 5.95 Å². The summed E-state index contributed by atoms with van der Waals surface area (Å²) in [5.41, 5.74) is 6.38. The Kier molecular flexibility index (Phi) is 3.69. The van der Waals surface area contributed by atoms with Gasteiger partial charge in [-0.15, -0.1) is 5.10 Å². The van der Waals surface area contributed by atoms with Crippen molar-refractivity contribution in [1.29, 1.82) is 0 Å². The van der Waals surface area contributed by atoms with Gasteiger partial charge in [0.1, 0.15) is 17.3 Å². The molecule has 0 fully saturated rings. The molecule has 2 aromatic rings. The number of carbonyl (C=O) groups excluding carboxylic acids is 1. The SMILES string of the molecule is CCOC(=O)c1cc(-n2nc(N)nc2C)c(F)cc1C. The summed E-state index contributed by atoms with van der Waals surface area (Å²) in [6, 6.07) is 2.66. The molecule has 6 nitrogen and oxygen atoms in total. The van der Waals surface area contributed by atoms with E-state index in [1.807, 2.05) is 0 Å². The Hall–Kier alpha value is -2.44. The minimum Gasteiger partial charge on any atom is -0.462 e. The zero-order chi connectivity index (χ0) is 14.9. The van der Waals surface area contributed by atoms with E-state index in [0.717, 1.165) is 0 Å². The van der Waals surface area contributed by atoms with E-state index in [0.29, 0.717) is 11.4 Å². The van der Waals surface area contributed by atoms with Crippen LogP contribution in [-0.2, 0) is 4.74 Å². The molecular weight excluding hydrogens is 263 g/mol. The zero-order valence-electron chi connectivity index (χ0n) is 11.5. The molecule has 0 saturated carbocycles. The summed E-state index contributed by atoms with van der Waals surface area (Å²) in [4.78, 5) is 15.7. The average molecular weight is 278 g/mol. The molecule has 20 heavy (non-hydrogen) atoms. The highest BCUT2D eigenvalue weighted by Crippen LogP contribution is 2.21. The molecule has 1 aromatic heterocycles. The van der Waals surface area contributed by atoms with Crippen LogP contribution in [0.4, 0.5) is 10.3 Å². The number of nitrogen functional groups attached to an aromatic ring is 1. The van der Waals surface area contributed by atoms with Crippen molar-refractivity contribution in [2.45, 2.75) is 20.8 Å². The molecule has 0 amide bonds. The van der Waals surface area contributed by atoms with Crippen LogP contribution in [0.3, 0.4) is 0 Å². The van der Waals surface area contributed by atoms with Crippen LogP contribution in [-0.4, -0.2) is 27.3 Å². The summed E-state index contributed by atoms with van der Waals surface area (Å²) in [5, 5.41) is 3.91. The fraction of sp³-hybridized carbons (Fsp3) is 0.308. The molecular formula is C13H15FN4O2. The number of aromatic nitrogens is 3. The molecule has 0 aliphatic rings. The minimum absolute atomic E-state index is 0.0418. The second kappa shape index (κ2) is 5.28. The van der Waals surface area contributed by atoms with E-state index in [1.165, 1.54) is 16.8 Å². The molecule has 7 heteroatoms. The monoisotopic (exact) mass is 278 g/mol.